The maximum atomic E-state index is 15.0. The molecule has 2 amide bonds. The topological polar surface area (TPSA) is 79.0 Å². The lowest BCUT2D eigenvalue weighted by atomic mass is 9.95. The van der Waals surface area contributed by atoms with Gasteiger partial charge in [-0.1, -0.05) is 115 Å². The van der Waals surface area contributed by atoms with Gasteiger partial charge in [0.15, 0.2) is 0 Å². The van der Waals surface area contributed by atoms with Gasteiger partial charge in [0, 0.05) is 39.9 Å². The summed E-state index contributed by atoms with van der Waals surface area (Å²) < 4.78 is 2.07. The highest BCUT2D eigenvalue weighted by Gasteiger charge is 2.41. The van der Waals surface area contributed by atoms with Gasteiger partial charge in [-0.15, -0.1) is 0 Å². The van der Waals surface area contributed by atoms with E-state index in [0.29, 0.717) is 28.1 Å². The number of benzene rings is 6. The second kappa shape index (κ2) is 11.6. The zero-order valence-corrected chi connectivity index (χ0v) is 26.6. The summed E-state index contributed by atoms with van der Waals surface area (Å²) in [6.07, 6.45) is 3.28. The highest BCUT2D eigenvalue weighted by molar-refractivity contribution is 6.37. The van der Waals surface area contributed by atoms with Crippen LogP contribution in [-0.4, -0.2) is 21.4 Å². The molecule has 1 aliphatic rings. The fraction of sp³-hybridized carbons (Fsp3) is 0. The zero-order valence-electron chi connectivity index (χ0n) is 26.6. The Kier molecular flexibility index (Phi) is 6.72. The molecule has 0 N–H and O–H groups in total. The number of carbonyl (C=O) groups is 2. The predicted molar refractivity (Wildman–Crippen MR) is 197 cm³/mol. The Bertz CT molecular complexity index is 2650. The number of fused-ring (bicyclic) bond motifs is 4. The highest BCUT2D eigenvalue weighted by atomic mass is 16.2. The van der Waals surface area contributed by atoms with Crippen molar-refractivity contribution in [3.05, 3.63) is 175 Å². The fourth-order valence-corrected chi connectivity index (χ4v) is 7.21. The van der Waals surface area contributed by atoms with Crippen molar-refractivity contribution in [2.45, 2.75) is 0 Å². The second-order valence-electron chi connectivity index (χ2n) is 12.2. The molecule has 0 spiro atoms. The molecular weight excluding hydrogens is 617 g/mol. The van der Waals surface area contributed by atoms with Crippen LogP contribution in [0.1, 0.15) is 26.3 Å². The monoisotopic (exact) mass is 642 g/mol. The van der Waals surface area contributed by atoms with Crippen LogP contribution >= 0.6 is 0 Å². The number of carbonyl (C=O) groups excluding carboxylic acids is 2. The summed E-state index contributed by atoms with van der Waals surface area (Å²) in [6, 6.07) is 49.3. The number of nitrogens with zero attached hydrogens (tertiary/aromatic N) is 4. The number of nitriles is 1. The minimum absolute atomic E-state index is 0.348. The maximum Gasteiger partial charge on any atom is 0.268 e. The van der Waals surface area contributed by atoms with Crippen molar-refractivity contribution in [1.29, 1.82) is 5.26 Å². The van der Waals surface area contributed by atoms with Gasteiger partial charge in [0.25, 0.3) is 11.8 Å². The van der Waals surface area contributed by atoms with Gasteiger partial charge in [-0.3, -0.25) is 14.6 Å². The smallest absolute Gasteiger partial charge is 0.268 e. The van der Waals surface area contributed by atoms with Crippen molar-refractivity contribution in [2.24, 2.45) is 0 Å². The quantitative estimate of drug-likeness (QED) is 0.175. The van der Waals surface area contributed by atoms with Crippen LogP contribution < -0.4 is 4.90 Å². The van der Waals surface area contributed by atoms with Gasteiger partial charge in [-0.05, 0) is 47.0 Å². The molecule has 9 rings (SSSR count). The summed E-state index contributed by atoms with van der Waals surface area (Å²) in [5.74, 6) is -0.748. The van der Waals surface area contributed by atoms with E-state index in [9.17, 15) is 14.9 Å². The molecule has 2 aromatic heterocycles. The predicted octanol–water partition coefficient (Wildman–Crippen LogP) is 9.85. The molecule has 0 saturated heterocycles. The van der Waals surface area contributed by atoms with Gasteiger partial charge >= 0.3 is 0 Å². The maximum absolute atomic E-state index is 15.0. The molecule has 6 aromatic carbocycles. The number of amides is 2. The van der Waals surface area contributed by atoms with E-state index in [-0.39, 0.29) is 11.8 Å². The van der Waals surface area contributed by atoms with Crippen LogP contribution in [0.2, 0.25) is 0 Å². The molecule has 0 unspecified atom stereocenters. The van der Waals surface area contributed by atoms with Gasteiger partial charge in [-0.2, -0.15) is 5.26 Å². The third-order valence-corrected chi connectivity index (χ3v) is 9.44. The Morgan fingerprint density at radius 2 is 1.16 bits per heavy atom. The molecule has 0 fully saturated rings. The van der Waals surface area contributed by atoms with E-state index in [0.717, 1.165) is 55.2 Å². The van der Waals surface area contributed by atoms with E-state index in [2.05, 4.69) is 33.8 Å². The Hall–Kier alpha value is -7.10. The Morgan fingerprint density at radius 3 is 1.88 bits per heavy atom. The molecule has 234 valence electrons. The molecule has 3 heterocycles. The first kappa shape index (κ1) is 29.1. The number of pyridine rings is 1. The number of hydrogen-bond acceptors (Lipinski definition) is 4. The van der Waals surface area contributed by atoms with Crippen molar-refractivity contribution < 1.29 is 9.59 Å². The van der Waals surface area contributed by atoms with Crippen molar-refractivity contribution in [2.75, 3.05) is 4.90 Å². The van der Waals surface area contributed by atoms with Crippen molar-refractivity contribution in [1.82, 2.24) is 9.55 Å². The van der Waals surface area contributed by atoms with Crippen molar-refractivity contribution in [3.8, 4) is 45.1 Å². The van der Waals surface area contributed by atoms with E-state index in [1.54, 1.807) is 18.5 Å². The van der Waals surface area contributed by atoms with Crippen molar-refractivity contribution in [3.63, 3.8) is 0 Å². The summed E-state index contributed by atoms with van der Waals surface area (Å²) >= 11 is 0. The number of anilines is 1. The molecule has 50 heavy (non-hydrogen) atoms. The van der Waals surface area contributed by atoms with Crippen molar-refractivity contribution >= 4 is 39.3 Å². The van der Waals surface area contributed by atoms with Crippen LogP contribution in [0.25, 0.3) is 60.9 Å². The van der Waals surface area contributed by atoms with Crippen LogP contribution in [0, 0.1) is 11.3 Å². The lowest BCUT2D eigenvalue weighted by molar-refractivity contribution is 0.0926. The average Bonchev–Trinajstić information content (AvgIpc) is 3.65. The lowest BCUT2D eigenvalue weighted by Gasteiger charge is -2.23. The van der Waals surface area contributed by atoms with Gasteiger partial charge in [-0.25, -0.2) is 4.90 Å². The largest absolute Gasteiger partial charge is 0.308 e. The van der Waals surface area contributed by atoms with E-state index < -0.39 is 0 Å². The van der Waals surface area contributed by atoms with Crippen LogP contribution in [0.5, 0.6) is 0 Å². The fourth-order valence-electron chi connectivity index (χ4n) is 7.21. The second-order valence-corrected chi connectivity index (χ2v) is 12.2. The molecule has 6 nitrogen and oxygen atoms in total. The first-order chi connectivity index (χ1) is 24.6. The summed E-state index contributed by atoms with van der Waals surface area (Å²) in [6.45, 7) is 0. The normalized spacial score (nSPS) is 12.4. The molecule has 8 aromatic rings. The van der Waals surface area contributed by atoms with E-state index in [1.165, 1.54) is 4.90 Å². The van der Waals surface area contributed by atoms with Crippen LogP contribution in [0.4, 0.5) is 5.69 Å². The molecule has 1 aliphatic heterocycles. The molecular formula is C44H26N4O2. The Balaban J connectivity index is 1.28. The number of imide groups is 1. The van der Waals surface area contributed by atoms with Gasteiger partial charge in [0.2, 0.25) is 0 Å². The zero-order chi connectivity index (χ0) is 33.8. The number of rotatable bonds is 5. The minimum Gasteiger partial charge on any atom is -0.308 e. The summed E-state index contributed by atoms with van der Waals surface area (Å²) in [7, 11) is 0. The molecule has 0 bridgehead atoms. The lowest BCUT2D eigenvalue weighted by Crippen LogP contribution is -2.30. The van der Waals surface area contributed by atoms with E-state index >= 15 is 0 Å². The third kappa shape index (κ3) is 4.45. The molecule has 0 aliphatic carbocycles. The Morgan fingerprint density at radius 1 is 0.520 bits per heavy atom. The number of para-hydroxylation sites is 2. The average molecular weight is 643 g/mol. The molecule has 0 atom stereocenters. The number of hydrogen-bond donors (Lipinski definition) is 0. The first-order valence-electron chi connectivity index (χ1n) is 16.3. The van der Waals surface area contributed by atoms with Crippen LogP contribution in [0.15, 0.2) is 158 Å². The standard InChI is InChI=1S/C44H26N4O2/c45-25-28-23-32(27-46-26-28)31-21-22-36-35-15-7-8-19-38(35)47(40(36)24-31)39-20-10-18-37-41(39)44(50)48(43(37)49)42-33(29-11-3-1-4-12-29)16-9-17-34(42)30-13-5-2-6-14-30/h1-24,26-27H. The summed E-state index contributed by atoms with van der Waals surface area (Å²) in [4.78, 5) is 35.2. The number of aromatic nitrogens is 2. The van der Waals surface area contributed by atoms with Gasteiger partial charge in [0.05, 0.1) is 39.1 Å². The van der Waals surface area contributed by atoms with E-state index in [1.807, 2.05) is 121 Å². The summed E-state index contributed by atoms with van der Waals surface area (Å²) in [5, 5.41) is 11.5. The van der Waals surface area contributed by atoms with Crippen LogP contribution in [-0.2, 0) is 0 Å². The third-order valence-electron chi connectivity index (χ3n) is 9.44. The Labute approximate surface area is 287 Å². The van der Waals surface area contributed by atoms with Gasteiger partial charge in [0.1, 0.15) is 6.07 Å². The van der Waals surface area contributed by atoms with Crippen LogP contribution in [0.3, 0.4) is 0 Å². The minimum atomic E-state index is -0.380. The van der Waals surface area contributed by atoms with Gasteiger partial charge < -0.3 is 4.57 Å². The molecule has 0 radical (unpaired) electrons. The van der Waals surface area contributed by atoms with E-state index in [4.69, 9.17) is 0 Å². The molecule has 0 saturated carbocycles. The SMILES string of the molecule is N#Cc1cncc(-c2ccc3c4ccccc4n(-c4cccc5c4C(=O)N(c4c(-c6ccccc6)cccc4-c4ccccc4)C5=O)c3c2)c1. The highest BCUT2D eigenvalue weighted by Crippen LogP contribution is 2.45. The first-order valence-corrected chi connectivity index (χ1v) is 16.3. The summed E-state index contributed by atoms with van der Waals surface area (Å²) in [5.41, 5.74) is 9.20. The molecule has 6 heteroatoms.